The quantitative estimate of drug-likeness (QED) is 0.391. The Morgan fingerprint density at radius 2 is 1.87 bits per heavy atom. The lowest BCUT2D eigenvalue weighted by Gasteiger charge is -2.48. The van der Waals surface area contributed by atoms with Crippen LogP contribution in [0.2, 0.25) is 0 Å². The van der Waals surface area contributed by atoms with Gasteiger partial charge in [-0.2, -0.15) is 0 Å². The summed E-state index contributed by atoms with van der Waals surface area (Å²) in [6, 6.07) is 14.4. The third-order valence-electron chi connectivity index (χ3n) is 5.68. The summed E-state index contributed by atoms with van der Waals surface area (Å²) in [4.78, 5) is 42.2. The van der Waals surface area contributed by atoms with Crippen LogP contribution in [0.15, 0.2) is 61.2 Å². The molecule has 0 unspecified atom stereocenters. The van der Waals surface area contributed by atoms with Gasteiger partial charge in [-0.05, 0) is 30.7 Å². The van der Waals surface area contributed by atoms with Gasteiger partial charge in [0, 0.05) is 19.4 Å². The normalized spacial score (nSPS) is 19.6. The smallest absolute Gasteiger partial charge is 0.353 e. The van der Waals surface area contributed by atoms with Gasteiger partial charge in [0.2, 0.25) is 11.6 Å². The molecule has 2 heterocycles. The highest BCUT2D eigenvalue weighted by molar-refractivity contribution is 6.15. The molecule has 2 aromatic rings. The third-order valence-corrected chi connectivity index (χ3v) is 5.68. The lowest BCUT2D eigenvalue weighted by atomic mass is 9.96. The monoisotopic (exact) mass is 420 g/mol. The predicted molar refractivity (Wildman–Crippen MR) is 115 cm³/mol. The highest BCUT2D eigenvalue weighted by atomic mass is 16.6. The molecule has 1 atom stereocenters. The fraction of sp³-hybridized carbons (Fsp3) is 0.292. The molecule has 2 aliphatic rings. The zero-order chi connectivity index (χ0) is 22.0. The molecule has 0 N–H and O–H groups in total. The molecule has 0 bridgehead atoms. The van der Waals surface area contributed by atoms with E-state index >= 15 is 0 Å². The van der Waals surface area contributed by atoms with Crippen LogP contribution in [0, 0.1) is 6.92 Å². The molecular weight excluding hydrogens is 396 g/mol. The Bertz CT molecular complexity index is 1050. The van der Waals surface area contributed by atoms with E-state index in [1.54, 1.807) is 30.3 Å². The standard InChI is InChI=1S/C24H24N2O5/c1-3-14-25-22(28)18-9-5-6-10-19(18)26-21(27)12-13-24(25,26)23(29)31-16-15-30-20-11-7-4-8-17(20)2/h3-11H,1,12-16H2,2H3/t24-/m0/s1. The van der Waals surface area contributed by atoms with Crippen molar-refractivity contribution in [3.8, 4) is 5.75 Å². The molecule has 31 heavy (non-hydrogen) atoms. The molecule has 7 nitrogen and oxygen atoms in total. The number of hydrogen-bond acceptors (Lipinski definition) is 5. The second-order valence-corrected chi connectivity index (χ2v) is 7.52. The lowest BCUT2D eigenvalue weighted by molar-refractivity contribution is -0.157. The van der Waals surface area contributed by atoms with Gasteiger partial charge in [-0.15, -0.1) is 6.58 Å². The molecule has 0 radical (unpaired) electrons. The van der Waals surface area contributed by atoms with Gasteiger partial charge in [0.05, 0.1) is 11.3 Å². The number of fused-ring (bicyclic) bond motifs is 3. The van der Waals surface area contributed by atoms with Crippen LogP contribution in [-0.4, -0.2) is 48.1 Å². The molecular formula is C24H24N2O5. The van der Waals surface area contributed by atoms with Crippen molar-refractivity contribution in [2.75, 3.05) is 24.7 Å². The number of anilines is 1. The minimum Gasteiger partial charge on any atom is -0.490 e. The van der Waals surface area contributed by atoms with E-state index in [0.29, 0.717) is 17.0 Å². The summed E-state index contributed by atoms with van der Waals surface area (Å²) in [5.41, 5.74) is 0.278. The Labute approximate surface area is 180 Å². The van der Waals surface area contributed by atoms with Gasteiger partial charge in [0.15, 0.2) is 0 Å². The van der Waals surface area contributed by atoms with Crippen molar-refractivity contribution in [2.24, 2.45) is 0 Å². The van der Waals surface area contributed by atoms with Gasteiger partial charge in [0.25, 0.3) is 5.91 Å². The van der Waals surface area contributed by atoms with Crippen molar-refractivity contribution in [1.29, 1.82) is 0 Å². The number of carbonyl (C=O) groups excluding carboxylic acids is 3. The van der Waals surface area contributed by atoms with Crippen molar-refractivity contribution in [1.82, 2.24) is 4.90 Å². The van der Waals surface area contributed by atoms with Crippen LogP contribution in [-0.2, 0) is 14.3 Å². The Balaban J connectivity index is 1.58. The Morgan fingerprint density at radius 3 is 2.65 bits per heavy atom. The third kappa shape index (κ3) is 3.36. The van der Waals surface area contributed by atoms with Crippen molar-refractivity contribution in [3.63, 3.8) is 0 Å². The molecule has 7 heteroatoms. The summed E-state index contributed by atoms with van der Waals surface area (Å²) in [5, 5.41) is 0. The number of hydrogen-bond donors (Lipinski definition) is 0. The molecule has 0 aromatic heterocycles. The topological polar surface area (TPSA) is 76.2 Å². The van der Waals surface area contributed by atoms with Crippen molar-refractivity contribution in [3.05, 3.63) is 72.3 Å². The molecule has 2 aliphatic heterocycles. The number of nitrogens with zero attached hydrogens (tertiary/aromatic N) is 2. The van der Waals surface area contributed by atoms with Gasteiger partial charge in [0.1, 0.15) is 19.0 Å². The SMILES string of the molecule is C=CCN1C(=O)c2ccccc2N2C(=O)CC[C@]12C(=O)OCCOc1ccccc1C. The number of ether oxygens (including phenoxy) is 2. The number of aryl methyl sites for hydroxylation is 1. The van der Waals surface area contributed by atoms with Gasteiger partial charge in [-0.1, -0.05) is 36.4 Å². The summed E-state index contributed by atoms with van der Waals surface area (Å²) < 4.78 is 11.3. The highest BCUT2D eigenvalue weighted by Crippen LogP contribution is 2.45. The second-order valence-electron chi connectivity index (χ2n) is 7.52. The van der Waals surface area contributed by atoms with Crippen molar-refractivity contribution < 1.29 is 23.9 Å². The van der Waals surface area contributed by atoms with Gasteiger partial charge in [-0.25, -0.2) is 4.79 Å². The Kier molecular flexibility index (Phi) is 5.50. The van der Waals surface area contributed by atoms with E-state index in [2.05, 4.69) is 6.58 Å². The lowest BCUT2D eigenvalue weighted by Crippen LogP contribution is -2.68. The summed E-state index contributed by atoms with van der Waals surface area (Å²) >= 11 is 0. The van der Waals surface area contributed by atoms with E-state index in [1.807, 2.05) is 31.2 Å². The summed E-state index contributed by atoms with van der Waals surface area (Å²) in [5.74, 6) is -0.474. The fourth-order valence-corrected chi connectivity index (χ4v) is 4.25. The Hall–Kier alpha value is -3.61. The first-order chi connectivity index (χ1) is 15.0. The van der Waals surface area contributed by atoms with Gasteiger partial charge >= 0.3 is 5.97 Å². The van der Waals surface area contributed by atoms with Crippen LogP contribution < -0.4 is 9.64 Å². The number of esters is 1. The summed E-state index contributed by atoms with van der Waals surface area (Å²) in [7, 11) is 0. The molecule has 2 amide bonds. The van der Waals surface area contributed by atoms with Crippen molar-refractivity contribution in [2.45, 2.75) is 25.4 Å². The predicted octanol–water partition coefficient (Wildman–Crippen LogP) is 3.08. The molecule has 0 aliphatic carbocycles. The molecule has 4 rings (SSSR count). The number of carbonyl (C=O) groups is 3. The van der Waals surface area contributed by atoms with E-state index < -0.39 is 11.6 Å². The van der Waals surface area contributed by atoms with E-state index in [-0.39, 0.29) is 44.4 Å². The van der Waals surface area contributed by atoms with Crippen LogP contribution in [0.5, 0.6) is 5.75 Å². The maximum absolute atomic E-state index is 13.4. The van der Waals surface area contributed by atoms with E-state index in [1.165, 1.54) is 9.80 Å². The van der Waals surface area contributed by atoms with Gasteiger partial charge < -0.3 is 14.4 Å². The summed E-state index contributed by atoms with van der Waals surface area (Å²) in [6.07, 6.45) is 1.85. The molecule has 160 valence electrons. The molecule has 1 saturated heterocycles. The van der Waals surface area contributed by atoms with Crippen LogP contribution in [0.3, 0.4) is 0 Å². The average Bonchev–Trinajstić information content (AvgIpc) is 3.13. The molecule has 2 aromatic carbocycles. The largest absolute Gasteiger partial charge is 0.490 e. The van der Waals surface area contributed by atoms with E-state index in [4.69, 9.17) is 9.47 Å². The van der Waals surface area contributed by atoms with E-state index in [9.17, 15) is 14.4 Å². The first-order valence-electron chi connectivity index (χ1n) is 10.2. The van der Waals surface area contributed by atoms with Crippen molar-refractivity contribution >= 4 is 23.5 Å². The average molecular weight is 420 g/mol. The zero-order valence-electron chi connectivity index (χ0n) is 17.4. The highest BCUT2D eigenvalue weighted by Gasteiger charge is 2.61. The van der Waals surface area contributed by atoms with Gasteiger partial charge in [-0.3, -0.25) is 14.5 Å². The van der Waals surface area contributed by atoms with Crippen LogP contribution >= 0.6 is 0 Å². The minimum atomic E-state index is -1.51. The first kappa shape index (κ1) is 20.7. The van der Waals surface area contributed by atoms with Crippen LogP contribution in [0.25, 0.3) is 0 Å². The first-order valence-corrected chi connectivity index (χ1v) is 10.2. The van der Waals surface area contributed by atoms with Crippen LogP contribution in [0.4, 0.5) is 5.69 Å². The number of para-hydroxylation sites is 2. The van der Waals surface area contributed by atoms with Crippen LogP contribution in [0.1, 0.15) is 28.8 Å². The minimum absolute atomic E-state index is 0.00524. The molecule has 1 fully saturated rings. The number of amides is 2. The maximum Gasteiger partial charge on any atom is 0.353 e. The number of rotatable bonds is 7. The van der Waals surface area contributed by atoms with E-state index in [0.717, 1.165) is 5.56 Å². The Morgan fingerprint density at radius 1 is 1.13 bits per heavy atom. The zero-order valence-corrected chi connectivity index (χ0v) is 17.4. The number of benzene rings is 2. The summed E-state index contributed by atoms with van der Waals surface area (Å²) in [6.45, 7) is 5.92. The molecule has 0 saturated carbocycles. The molecule has 0 spiro atoms. The second kappa shape index (κ2) is 8.26. The maximum atomic E-state index is 13.4. The fourth-order valence-electron chi connectivity index (χ4n) is 4.25.